The molecule has 0 aromatic heterocycles. The number of amides is 1. The van der Waals surface area contributed by atoms with Crippen molar-refractivity contribution >= 4 is 5.91 Å². The van der Waals surface area contributed by atoms with Crippen molar-refractivity contribution < 1.29 is 4.79 Å². The summed E-state index contributed by atoms with van der Waals surface area (Å²) in [5.41, 5.74) is 6.36. The van der Waals surface area contributed by atoms with Gasteiger partial charge in [-0.3, -0.25) is 4.79 Å². The monoisotopic (exact) mass is 156 g/mol. The molecule has 3 N–H and O–H groups in total. The SMILES string of the molecule is C=C(C)CNC(=O)CC(C)N. The molecular weight excluding hydrogens is 140 g/mol. The molecule has 0 aromatic rings. The molecule has 0 saturated carbocycles. The minimum absolute atomic E-state index is 0.0111. The van der Waals surface area contributed by atoms with Gasteiger partial charge in [-0.2, -0.15) is 0 Å². The van der Waals surface area contributed by atoms with E-state index >= 15 is 0 Å². The number of nitrogens with two attached hydrogens (primary N) is 1. The highest BCUT2D eigenvalue weighted by Crippen LogP contribution is 1.87. The molecule has 1 unspecified atom stereocenters. The van der Waals surface area contributed by atoms with Gasteiger partial charge >= 0.3 is 0 Å². The second-order valence-corrected chi connectivity index (χ2v) is 2.92. The van der Waals surface area contributed by atoms with Crippen molar-refractivity contribution in [3.05, 3.63) is 12.2 Å². The third-order valence-corrected chi connectivity index (χ3v) is 1.09. The topological polar surface area (TPSA) is 55.1 Å². The molecule has 64 valence electrons. The second-order valence-electron chi connectivity index (χ2n) is 2.92. The fourth-order valence-electron chi connectivity index (χ4n) is 0.614. The first kappa shape index (κ1) is 10.2. The molecule has 0 rings (SSSR count). The van der Waals surface area contributed by atoms with Crippen molar-refractivity contribution in [1.82, 2.24) is 5.32 Å². The molecule has 3 heteroatoms. The minimum Gasteiger partial charge on any atom is -0.352 e. The van der Waals surface area contributed by atoms with Crippen molar-refractivity contribution in [3.8, 4) is 0 Å². The van der Waals surface area contributed by atoms with Gasteiger partial charge in [0.05, 0.1) is 0 Å². The Labute approximate surface area is 67.7 Å². The summed E-state index contributed by atoms with van der Waals surface area (Å²) < 4.78 is 0. The van der Waals surface area contributed by atoms with E-state index in [-0.39, 0.29) is 11.9 Å². The molecule has 0 spiro atoms. The van der Waals surface area contributed by atoms with E-state index in [0.29, 0.717) is 13.0 Å². The lowest BCUT2D eigenvalue weighted by Crippen LogP contribution is -2.30. The molecule has 0 saturated heterocycles. The lowest BCUT2D eigenvalue weighted by Gasteiger charge is -2.06. The number of carbonyl (C=O) groups is 1. The Morgan fingerprint density at radius 1 is 1.73 bits per heavy atom. The summed E-state index contributed by atoms with van der Waals surface area (Å²) >= 11 is 0. The minimum atomic E-state index is -0.0693. The standard InChI is InChI=1S/C8H16N2O/c1-6(2)5-10-8(11)4-7(3)9/h7H,1,4-5,9H2,2-3H3,(H,10,11). The maximum absolute atomic E-state index is 10.9. The zero-order chi connectivity index (χ0) is 8.85. The van der Waals surface area contributed by atoms with Gasteiger partial charge in [-0.25, -0.2) is 0 Å². The number of rotatable bonds is 4. The molecule has 0 fully saturated rings. The first-order valence-corrected chi connectivity index (χ1v) is 3.69. The molecule has 0 aromatic carbocycles. The van der Waals surface area contributed by atoms with Crippen LogP contribution >= 0.6 is 0 Å². The van der Waals surface area contributed by atoms with Gasteiger partial charge in [-0.05, 0) is 13.8 Å². The summed E-state index contributed by atoms with van der Waals surface area (Å²) in [6, 6.07) is -0.0693. The molecule has 1 amide bonds. The second kappa shape index (κ2) is 4.91. The molecule has 1 atom stereocenters. The van der Waals surface area contributed by atoms with E-state index in [9.17, 15) is 4.79 Å². The van der Waals surface area contributed by atoms with Crippen molar-refractivity contribution in [2.45, 2.75) is 26.3 Å². The lowest BCUT2D eigenvalue weighted by molar-refractivity contribution is -0.121. The zero-order valence-corrected chi connectivity index (χ0v) is 7.18. The molecule has 0 radical (unpaired) electrons. The van der Waals surface area contributed by atoms with Gasteiger partial charge in [0.2, 0.25) is 5.91 Å². The highest BCUT2D eigenvalue weighted by molar-refractivity contribution is 5.76. The third-order valence-electron chi connectivity index (χ3n) is 1.09. The first-order valence-electron chi connectivity index (χ1n) is 3.69. The van der Waals surface area contributed by atoms with Gasteiger partial charge < -0.3 is 11.1 Å². The van der Waals surface area contributed by atoms with Gasteiger partial charge in [-0.15, -0.1) is 0 Å². The third kappa shape index (κ3) is 7.06. The first-order chi connectivity index (χ1) is 5.02. The molecule has 0 heterocycles. The largest absolute Gasteiger partial charge is 0.352 e. The average molecular weight is 156 g/mol. The van der Waals surface area contributed by atoms with Gasteiger partial charge in [0.1, 0.15) is 0 Å². The van der Waals surface area contributed by atoms with E-state index in [1.54, 1.807) is 6.92 Å². The van der Waals surface area contributed by atoms with E-state index in [4.69, 9.17) is 5.73 Å². The van der Waals surface area contributed by atoms with Crippen molar-refractivity contribution in [3.63, 3.8) is 0 Å². The molecule has 0 aliphatic heterocycles. The fourth-order valence-corrected chi connectivity index (χ4v) is 0.614. The normalized spacial score (nSPS) is 12.3. The smallest absolute Gasteiger partial charge is 0.221 e. The zero-order valence-electron chi connectivity index (χ0n) is 7.18. The van der Waals surface area contributed by atoms with Crippen LogP contribution in [0.1, 0.15) is 20.3 Å². The summed E-state index contributed by atoms with van der Waals surface area (Å²) in [6.07, 6.45) is 0.382. The highest BCUT2D eigenvalue weighted by atomic mass is 16.1. The van der Waals surface area contributed by atoms with Crippen molar-refractivity contribution in [2.24, 2.45) is 5.73 Å². The molecule has 0 aliphatic rings. The summed E-state index contributed by atoms with van der Waals surface area (Å²) in [7, 11) is 0. The van der Waals surface area contributed by atoms with E-state index in [1.807, 2.05) is 6.92 Å². The Morgan fingerprint density at radius 3 is 2.64 bits per heavy atom. The van der Waals surface area contributed by atoms with Crippen LogP contribution in [0.5, 0.6) is 0 Å². The number of carbonyl (C=O) groups excluding carboxylic acids is 1. The molecule has 0 bridgehead atoms. The highest BCUT2D eigenvalue weighted by Gasteiger charge is 2.02. The van der Waals surface area contributed by atoms with Crippen molar-refractivity contribution in [2.75, 3.05) is 6.54 Å². The van der Waals surface area contributed by atoms with Crippen LogP contribution in [0.25, 0.3) is 0 Å². The predicted octanol–water partition coefficient (Wildman–Crippen LogP) is 0.416. The van der Waals surface area contributed by atoms with Gasteiger partial charge in [0, 0.05) is 19.0 Å². The molecular formula is C8H16N2O. The Balaban J connectivity index is 3.45. The molecule has 0 aliphatic carbocycles. The van der Waals surface area contributed by atoms with E-state index in [1.165, 1.54) is 0 Å². The van der Waals surface area contributed by atoms with Crippen LogP contribution in [-0.4, -0.2) is 18.5 Å². The Kier molecular flexibility index (Phi) is 4.54. The van der Waals surface area contributed by atoms with E-state index in [2.05, 4.69) is 11.9 Å². The summed E-state index contributed by atoms with van der Waals surface area (Å²) in [5, 5.41) is 2.69. The van der Waals surface area contributed by atoms with Crippen molar-refractivity contribution in [1.29, 1.82) is 0 Å². The Morgan fingerprint density at radius 2 is 2.27 bits per heavy atom. The molecule has 3 nitrogen and oxygen atoms in total. The summed E-state index contributed by atoms with van der Waals surface area (Å²) in [5.74, 6) is -0.0111. The maximum Gasteiger partial charge on any atom is 0.221 e. The predicted molar refractivity (Wildman–Crippen MR) is 46.1 cm³/mol. The average Bonchev–Trinajstić information content (AvgIpc) is 1.82. The molecule has 11 heavy (non-hydrogen) atoms. The lowest BCUT2D eigenvalue weighted by atomic mass is 10.2. The van der Waals surface area contributed by atoms with Crippen LogP contribution in [0.15, 0.2) is 12.2 Å². The van der Waals surface area contributed by atoms with Crippen LogP contribution in [0.4, 0.5) is 0 Å². The van der Waals surface area contributed by atoms with E-state index < -0.39 is 0 Å². The number of hydrogen-bond acceptors (Lipinski definition) is 2. The van der Waals surface area contributed by atoms with Crippen LogP contribution in [0, 0.1) is 0 Å². The van der Waals surface area contributed by atoms with Crippen LogP contribution in [0.2, 0.25) is 0 Å². The summed E-state index contributed by atoms with van der Waals surface area (Å²) in [4.78, 5) is 10.9. The van der Waals surface area contributed by atoms with Gasteiger partial charge in [0.15, 0.2) is 0 Å². The number of hydrogen-bond donors (Lipinski definition) is 2. The van der Waals surface area contributed by atoms with Gasteiger partial charge in [0.25, 0.3) is 0 Å². The van der Waals surface area contributed by atoms with Crippen LogP contribution in [0.3, 0.4) is 0 Å². The maximum atomic E-state index is 10.9. The van der Waals surface area contributed by atoms with Crippen LogP contribution in [-0.2, 0) is 4.79 Å². The number of nitrogens with one attached hydrogen (secondary N) is 1. The Hall–Kier alpha value is -0.830. The quantitative estimate of drug-likeness (QED) is 0.579. The van der Waals surface area contributed by atoms with Gasteiger partial charge in [-0.1, -0.05) is 12.2 Å². The van der Waals surface area contributed by atoms with E-state index in [0.717, 1.165) is 5.57 Å². The fraction of sp³-hybridized carbons (Fsp3) is 0.625. The summed E-state index contributed by atoms with van der Waals surface area (Å²) in [6.45, 7) is 7.88. The Bertz CT molecular complexity index is 152. The van der Waals surface area contributed by atoms with Crippen LogP contribution < -0.4 is 11.1 Å².